The van der Waals surface area contributed by atoms with Crippen LogP contribution >= 0.6 is 0 Å². The third-order valence-electron chi connectivity index (χ3n) is 1.52. The van der Waals surface area contributed by atoms with Crippen LogP contribution in [0.4, 0.5) is 0 Å². The van der Waals surface area contributed by atoms with Crippen LogP contribution in [-0.4, -0.2) is 15.0 Å². The van der Waals surface area contributed by atoms with Gasteiger partial charge in [-0.2, -0.15) is 0 Å². The molecule has 0 aliphatic heterocycles. The summed E-state index contributed by atoms with van der Waals surface area (Å²) in [6.07, 6.45) is 2.85. The number of rotatable bonds is 1. The molecule has 62 valence electrons. The van der Waals surface area contributed by atoms with Crippen LogP contribution in [0.25, 0.3) is 0 Å². The van der Waals surface area contributed by atoms with Crippen molar-refractivity contribution < 1.29 is 0 Å². The fourth-order valence-electron chi connectivity index (χ4n) is 1.01. The zero-order valence-corrected chi connectivity index (χ0v) is 7.63. The normalized spacial score (nSPS) is 12.0. The Kier molecular flexibility index (Phi) is 1.98. The third kappa shape index (κ3) is 2.33. The van der Waals surface area contributed by atoms with E-state index in [-0.39, 0.29) is 0 Å². The molecule has 0 saturated carbocycles. The highest BCUT2D eigenvalue weighted by Gasteiger charge is 2.13. The Labute approximate surface area is 67.4 Å². The first-order valence-corrected chi connectivity index (χ1v) is 3.82. The molecule has 1 aromatic heterocycles. The zero-order chi connectivity index (χ0) is 8.48. The average Bonchev–Trinajstić information content (AvgIpc) is 2.12. The number of hydrogen-bond donors (Lipinski definition) is 0. The van der Waals surface area contributed by atoms with E-state index in [4.69, 9.17) is 0 Å². The molecule has 0 saturated heterocycles. The van der Waals surface area contributed by atoms with Crippen LogP contribution in [0.15, 0.2) is 6.20 Å². The second kappa shape index (κ2) is 2.64. The van der Waals surface area contributed by atoms with Gasteiger partial charge in [0.2, 0.25) is 0 Å². The Morgan fingerprint density at radius 1 is 1.45 bits per heavy atom. The standard InChI is InChI=1S/C8H15N3/c1-8(2,3)5-7-6-9-10-11(7)4/h6H,5H2,1-4H3. The van der Waals surface area contributed by atoms with E-state index in [1.807, 2.05) is 17.9 Å². The molecule has 0 aromatic carbocycles. The summed E-state index contributed by atoms with van der Waals surface area (Å²) < 4.78 is 1.82. The molecule has 1 rings (SSSR count). The van der Waals surface area contributed by atoms with E-state index >= 15 is 0 Å². The summed E-state index contributed by atoms with van der Waals surface area (Å²) >= 11 is 0. The van der Waals surface area contributed by atoms with Crippen LogP contribution in [-0.2, 0) is 13.5 Å². The van der Waals surface area contributed by atoms with E-state index in [1.165, 1.54) is 5.69 Å². The number of aromatic nitrogens is 3. The van der Waals surface area contributed by atoms with E-state index < -0.39 is 0 Å². The molecule has 0 unspecified atom stereocenters. The minimum Gasteiger partial charge on any atom is -0.252 e. The Balaban J connectivity index is 2.72. The smallest absolute Gasteiger partial charge is 0.0725 e. The quantitative estimate of drug-likeness (QED) is 0.610. The lowest BCUT2D eigenvalue weighted by Crippen LogP contribution is -2.12. The van der Waals surface area contributed by atoms with Gasteiger partial charge >= 0.3 is 0 Å². The topological polar surface area (TPSA) is 30.7 Å². The van der Waals surface area contributed by atoms with Crippen LogP contribution in [0.3, 0.4) is 0 Å². The fourth-order valence-corrected chi connectivity index (χ4v) is 1.01. The largest absolute Gasteiger partial charge is 0.252 e. The van der Waals surface area contributed by atoms with Crippen molar-refractivity contribution in [2.24, 2.45) is 12.5 Å². The van der Waals surface area contributed by atoms with Crippen molar-refractivity contribution in [3.63, 3.8) is 0 Å². The van der Waals surface area contributed by atoms with Gasteiger partial charge in [-0.1, -0.05) is 26.0 Å². The van der Waals surface area contributed by atoms with Crippen LogP contribution in [0.2, 0.25) is 0 Å². The van der Waals surface area contributed by atoms with Crippen LogP contribution in [0, 0.1) is 5.41 Å². The summed E-state index contributed by atoms with van der Waals surface area (Å²) in [4.78, 5) is 0. The van der Waals surface area contributed by atoms with Gasteiger partial charge in [-0.15, -0.1) is 5.10 Å². The van der Waals surface area contributed by atoms with Gasteiger partial charge in [0.05, 0.1) is 11.9 Å². The summed E-state index contributed by atoms with van der Waals surface area (Å²) in [5.74, 6) is 0. The zero-order valence-electron chi connectivity index (χ0n) is 7.63. The van der Waals surface area contributed by atoms with Crippen LogP contribution < -0.4 is 0 Å². The van der Waals surface area contributed by atoms with E-state index in [2.05, 4.69) is 31.1 Å². The summed E-state index contributed by atoms with van der Waals surface area (Å²) in [7, 11) is 1.92. The Hall–Kier alpha value is -0.860. The van der Waals surface area contributed by atoms with Crippen molar-refractivity contribution in [1.29, 1.82) is 0 Å². The van der Waals surface area contributed by atoms with Gasteiger partial charge in [0, 0.05) is 7.05 Å². The Morgan fingerprint density at radius 2 is 2.09 bits per heavy atom. The molecule has 0 fully saturated rings. The van der Waals surface area contributed by atoms with Gasteiger partial charge in [-0.25, -0.2) is 0 Å². The maximum absolute atomic E-state index is 3.87. The molecule has 1 heterocycles. The van der Waals surface area contributed by atoms with Gasteiger partial charge in [0.25, 0.3) is 0 Å². The van der Waals surface area contributed by atoms with Gasteiger partial charge in [0.1, 0.15) is 0 Å². The highest BCUT2D eigenvalue weighted by atomic mass is 15.4. The van der Waals surface area contributed by atoms with Crippen molar-refractivity contribution in [3.8, 4) is 0 Å². The van der Waals surface area contributed by atoms with Crippen molar-refractivity contribution in [1.82, 2.24) is 15.0 Å². The monoisotopic (exact) mass is 153 g/mol. The van der Waals surface area contributed by atoms with Crippen LogP contribution in [0.1, 0.15) is 26.5 Å². The maximum atomic E-state index is 3.87. The molecular weight excluding hydrogens is 138 g/mol. The first kappa shape index (κ1) is 8.24. The molecule has 3 nitrogen and oxygen atoms in total. The SMILES string of the molecule is Cn1nncc1CC(C)(C)C. The summed E-state index contributed by atoms with van der Waals surface area (Å²) in [6, 6.07) is 0. The lowest BCUT2D eigenvalue weighted by molar-refractivity contribution is 0.398. The molecule has 0 aliphatic carbocycles. The van der Waals surface area contributed by atoms with Gasteiger partial charge in [0.15, 0.2) is 0 Å². The van der Waals surface area contributed by atoms with Gasteiger partial charge < -0.3 is 0 Å². The highest BCUT2D eigenvalue weighted by Crippen LogP contribution is 2.18. The predicted molar refractivity (Wildman–Crippen MR) is 44.2 cm³/mol. The number of hydrogen-bond acceptors (Lipinski definition) is 2. The fraction of sp³-hybridized carbons (Fsp3) is 0.750. The maximum Gasteiger partial charge on any atom is 0.0725 e. The molecular formula is C8H15N3. The molecule has 0 amide bonds. The first-order valence-electron chi connectivity index (χ1n) is 3.82. The van der Waals surface area contributed by atoms with Crippen molar-refractivity contribution in [2.45, 2.75) is 27.2 Å². The van der Waals surface area contributed by atoms with Crippen molar-refractivity contribution in [3.05, 3.63) is 11.9 Å². The lowest BCUT2D eigenvalue weighted by Gasteiger charge is -2.16. The van der Waals surface area contributed by atoms with E-state index in [0.29, 0.717) is 5.41 Å². The highest BCUT2D eigenvalue weighted by molar-refractivity contribution is 4.96. The summed E-state index contributed by atoms with van der Waals surface area (Å²) in [6.45, 7) is 6.62. The molecule has 0 bridgehead atoms. The Bertz CT molecular complexity index is 232. The molecule has 0 N–H and O–H groups in total. The molecule has 0 spiro atoms. The Morgan fingerprint density at radius 3 is 2.45 bits per heavy atom. The van der Waals surface area contributed by atoms with E-state index in [0.717, 1.165) is 6.42 Å². The molecule has 0 atom stereocenters. The second-order valence-electron chi connectivity index (χ2n) is 4.09. The number of aryl methyl sites for hydroxylation is 1. The second-order valence-corrected chi connectivity index (χ2v) is 4.09. The van der Waals surface area contributed by atoms with Gasteiger partial charge in [-0.3, -0.25) is 4.68 Å². The van der Waals surface area contributed by atoms with Gasteiger partial charge in [-0.05, 0) is 11.8 Å². The predicted octanol–water partition coefficient (Wildman–Crippen LogP) is 1.40. The third-order valence-corrected chi connectivity index (χ3v) is 1.52. The van der Waals surface area contributed by atoms with Crippen molar-refractivity contribution >= 4 is 0 Å². The summed E-state index contributed by atoms with van der Waals surface area (Å²) in [5.41, 5.74) is 1.51. The van der Waals surface area contributed by atoms with E-state index in [1.54, 1.807) is 0 Å². The first-order chi connectivity index (χ1) is 4.99. The molecule has 11 heavy (non-hydrogen) atoms. The van der Waals surface area contributed by atoms with E-state index in [9.17, 15) is 0 Å². The average molecular weight is 153 g/mol. The van der Waals surface area contributed by atoms with Crippen molar-refractivity contribution in [2.75, 3.05) is 0 Å². The minimum absolute atomic E-state index is 0.315. The molecule has 0 radical (unpaired) electrons. The van der Waals surface area contributed by atoms with Crippen LogP contribution in [0.5, 0.6) is 0 Å². The molecule has 3 heteroatoms. The summed E-state index contributed by atoms with van der Waals surface area (Å²) in [5, 5.41) is 7.69. The lowest BCUT2D eigenvalue weighted by atomic mass is 9.91. The minimum atomic E-state index is 0.315. The number of nitrogens with zero attached hydrogens (tertiary/aromatic N) is 3. The molecule has 0 aliphatic rings. The molecule has 1 aromatic rings.